The number of nitrogens with zero attached hydrogens (tertiary/aromatic N) is 2. The third-order valence-corrected chi connectivity index (χ3v) is 7.42. The Morgan fingerprint density at radius 3 is 2.59 bits per heavy atom. The molecule has 2 atom stereocenters. The number of hydrogen-bond donors (Lipinski definition) is 3. The number of rotatable bonds is 10. The van der Waals surface area contributed by atoms with Crippen molar-refractivity contribution >= 4 is 21.9 Å². The molecule has 1 fully saturated rings. The molecular formula is C26H30N4O6S. The highest BCUT2D eigenvalue weighted by molar-refractivity contribution is 7.92. The number of aromatic nitrogens is 2. The van der Waals surface area contributed by atoms with Gasteiger partial charge in [-0.3, -0.25) is 0 Å². The standard InChI is InChI=1S/C26H30N4O6S/c1-16-6-3-7-17(2)24(16)22-14-23(36-15-19(27)13-20-9-5-11-35-20)29-26(28-22)30-37(33,34)21-10-4-8-18(12-21)25(31)32/h3-4,6-8,10,12,14,19-20H,5,9,11,13,15,27H2,1-2H3,(H,31,32)(H,28,29,30)/t19-,20?/m1/s1. The maximum atomic E-state index is 13.1. The molecule has 0 amide bonds. The minimum absolute atomic E-state index is 0.109. The number of nitrogens with one attached hydrogen (secondary N) is 1. The summed E-state index contributed by atoms with van der Waals surface area (Å²) in [6, 6.07) is 12.2. The second kappa shape index (κ2) is 11.2. The summed E-state index contributed by atoms with van der Waals surface area (Å²) in [6.45, 7) is 4.77. The van der Waals surface area contributed by atoms with Gasteiger partial charge in [-0.25, -0.2) is 22.9 Å². The van der Waals surface area contributed by atoms with Crippen LogP contribution in [-0.4, -0.2) is 54.8 Å². The molecule has 0 spiro atoms. The van der Waals surface area contributed by atoms with Gasteiger partial charge in [0, 0.05) is 24.3 Å². The summed E-state index contributed by atoms with van der Waals surface area (Å²) in [5, 5.41) is 9.23. The van der Waals surface area contributed by atoms with Crippen molar-refractivity contribution in [1.29, 1.82) is 0 Å². The van der Waals surface area contributed by atoms with E-state index in [0.717, 1.165) is 42.2 Å². The summed E-state index contributed by atoms with van der Waals surface area (Å²) >= 11 is 0. The Kier molecular flexibility index (Phi) is 8.06. The molecule has 4 rings (SSSR count). The second-order valence-electron chi connectivity index (χ2n) is 9.06. The van der Waals surface area contributed by atoms with Crippen LogP contribution in [0.3, 0.4) is 0 Å². The zero-order valence-electron chi connectivity index (χ0n) is 20.7. The van der Waals surface area contributed by atoms with Gasteiger partial charge >= 0.3 is 5.97 Å². The van der Waals surface area contributed by atoms with Crippen LogP contribution in [0, 0.1) is 13.8 Å². The first-order valence-electron chi connectivity index (χ1n) is 11.9. The molecule has 1 aliphatic heterocycles. The molecule has 2 aromatic carbocycles. The van der Waals surface area contributed by atoms with Crippen LogP contribution in [0.2, 0.25) is 0 Å². The van der Waals surface area contributed by atoms with E-state index in [1.807, 2.05) is 32.0 Å². The van der Waals surface area contributed by atoms with Gasteiger partial charge in [0.2, 0.25) is 11.8 Å². The van der Waals surface area contributed by atoms with Gasteiger partial charge in [-0.2, -0.15) is 4.98 Å². The molecule has 0 radical (unpaired) electrons. The van der Waals surface area contributed by atoms with Gasteiger partial charge in [-0.15, -0.1) is 0 Å². The lowest BCUT2D eigenvalue weighted by atomic mass is 10.00. The van der Waals surface area contributed by atoms with Crippen molar-refractivity contribution in [3.63, 3.8) is 0 Å². The highest BCUT2D eigenvalue weighted by Gasteiger charge is 2.22. The molecule has 0 aliphatic carbocycles. The normalized spacial score (nSPS) is 16.4. The maximum absolute atomic E-state index is 13.1. The topological polar surface area (TPSA) is 154 Å². The lowest BCUT2D eigenvalue weighted by Crippen LogP contribution is -2.32. The fourth-order valence-corrected chi connectivity index (χ4v) is 5.28. The van der Waals surface area contributed by atoms with Crippen LogP contribution >= 0.6 is 0 Å². The average molecular weight is 527 g/mol. The molecule has 11 heteroatoms. The molecule has 1 aliphatic rings. The fraction of sp³-hybridized carbons (Fsp3) is 0.346. The van der Waals surface area contributed by atoms with Crippen LogP contribution in [0.25, 0.3) is 11.3 Å². The van der Waals surface area contributed by atoms with Crippen LogP contribution in [-0.2, 0) is 14.8 Å². The highest BCUT2D eigenvalue weighted by atomic mass is 32.2. The Hall–Kier alpha value is -3.54. The molecule has 0 saturated carbocycles. The van der Waals surface area contributed by atoms with E-state index in [-0.39, 0.29) is 41.0 Å². The highest BCUT2D eigenvalue weighted by Crippen LogP contribution is 2.29. The van der Waals surface area contributed by atoms with Gasteiger partial charge in [0.1, 0.15) is 6.61 Å². The van der Waals surface area contributed by atoms with Crippen molar-refractivity contribution in [2.45, 2.75) is 50.2 Å². The van der Waals surface area contributed by atoms with Crippen molar-refractivity contribution in [3.8, 4) is 17.1 Å². The van der Waals surface area contributed by atoms with Crippen molar-refractivity contribution in [2.24, 2.45) is 5.73 Å². The number of sulfonamides is 1. The van der Waals surface area contributed by atoms with Crippen LogP contribution < -0.4 is 15.2 Å². The van der Waals surface area contributed by atoms with Gasteiger partial charge < -0.3 is 20.3 Å². The smallest absolute Gasteiger partial charge is 0.335 e. The summed E-state index contributed by atoms with van der Waals surface area (Å²) in [7, 11) is -4.19. The number of aromatic carboxylic acids is 1. The maximum Gasteiger partial charge on any atom is 0.335 e. The number of carboxylic acid groups (broad SMARTS) is 1. The van der Waals surface area contributed by atoms with E-state index in [1.54, 1.807) is 6.07 Å². The van der Waals surface area contributed by atoms with E-state index in [0.29, 0.717) is 12.1 Å². The molecule has 1 aromatic heterocycles. The molecule has 37 heavy (non-hydrogen) atoms. The summed E-state index contributed by atoms with van der Waals surface area (Å²) in [5.41, 5.74) is 9.29. The fourth-order valence-electron chi connectivity index (χ4n) is 4.29. The second-order valence-corrected chi connectivity index (χ2v) is 10.7. The van der Waals surface area contributed by atoms with Crippen molar-refractivity contribution < 1.29 is 27.8 Å². The average Bonchev–Trinajstić information content (AvgIpc) is 3.35. The number of anilines is 1. The zero-order chi connectivity index (χ0) is 26.6. The number of aryl methyl sites for hydroxylation is 2. The minimum Gasteiger partial charge on any atom is -0.478 e. The Bertz CT molecular complexity index is 1370. The van der Waals surface area contributed by atoms with Gasteiger partial charge in [-0.1, -0.05) is 24.3 Å². The van der Waals surface area contributed by atoms with Crippen molar-refractivity contribution in [3.05, 3.63) is 65.2 Å². The van der Waals surface area contributed by atoms with E-state index in [1.165, 1.54) is 18.2 Å². The minimum atomic E-state index is -4.19. The van der Waals surface area contributed by atoms with Gasteiger partial charge in [0.15, 0.2) is 0 Å². The first-order valence-corrected chi connectivity index (χ1v) is 13.4. The molecule has 0 bridgehead atoms. The van der Waals surface area contributed by atoms with E-state index in [2.05, 4.69) is 14.7 Å². The molecule has 1 saturated heterocycles. The number of ether oxygens (including phenoxy) is 2. The van der Waals surface area contributed by atoms with Crippen LogP contribution in [0.1, 0.15) is 40.7 Å². The molecular weight excluding hydrogens is 496 g/mol. The monoisotopic (exact) mass is 526 g/mol. The summed E-state index contributed by atoms with van der Waals surface area (Å²) in [4.78, 5) is 19.8. The molecule has 1 unspecified atom stereocenters. The zero-order valence-corrected chi connectivity index (χ0v) is 21.5. The molecule has 3 aromatic rings. The van der Waals surface area contributed by atoms with Crippen molar-refractivity contribution in [2.75, 3.05) is 17.9 Å². The number of nitrogens with two attached hydrogens (primary N) is 1. The van der Waals surface area contributed by atoms with Gasteiger partial charge in [0.25, 0.3) is 10.0 Å². The number of carboxylic acids is 1. The van der Waals surface area contributed by atoms with Crippen LogP contribution in [0.4, 0.5) is 5.95 Å². The Morgan fingerprint density at radius 1 is 1.19 bits per heavy atom. The molecule has 2 heterocycles. The van der Waals surface area contributed by atoms with Crippen LogP contribution in [0.5, 0.6) is 5.88 Å². The third kappa shape index (κ3) is 6.62. The van der Waals surface area contributed by atoms with Gasteiger partial charge in [-0.05, 0) is 62.4 Å². The first-order chi connectivity index (χ1) is 17.6. The molecule has 10 nitrogen and oxygen atoms in total. The predicted octanol–water partition coefficient (Wildman–Crippen LogP) is 3.53. The largest absolute Gasteiger partial charge is 0.478 e. The number of hydrogen-bond acceptors (Lipinski definition) is 8. The molecule has 4 N–H and O–H groups in total. The predicted molar refractivity (Wildman–Crippen MR) is 138 cm³/mol. The number of carbonyl (C=O) groups is 1. The Morgan fingerprint density at radius 2 is 1.92 bits per heavy atom. The van der Waals surface area contributed by atoms with E-state index in [9.17, 15) is 18.3 Å². The lowest BCUT2D eigenvalue weighted by molar-refractivity contribution is 0.0696. The first kappa shape index (κ1) is 26.5. The lowest BCUT2D eigenvalue weighted by Gasteiger charge is -2.18. The Labute approximate surface area is 215 Å². The van der Waals surface area contributed by atoms with Crippen LogP contribution in [0.15, 0.2) is 53.4 Å². The van der Waals surface area contributed by atoms with E-state index >= 15 is 0 Å². The quantitative estimate of drug-likeness (QED) is 0.360. The van der Waals surface area contributed by atoms with E-state index < -0.39 is 16.0 Å². The summed E-state index contributed by atoms with van der Waals surface area (Å²) < 4.78 is 40.0. The molecule has 196 valence electrons. The summed E-state index contributed by atoms with van der Waals surface area (Å²) in [6.07, 6.45) is 2.74. The van der Waals surface area contributed by atoms with E-state index in [4.69, 9.17) is 15.2 Å². The van der Waals surface area contributed by atoms with Gasteiger partial charge in [0.05, 0.1) is 22.3 Å². The SMILES string of the molecule is Cc1cccc(C)c1-c1cc(OC[C@H](N)CC2CCCO2)nc(NS(=O)(=O)c2cccc(C(=O)O)c2)n1. The summed E-state index contributed by atoms with van der Waals surface area (Å²) in [5.74, 6) is -1.28. The van der Waals surface area contributed by atoms with Crippen molar-refractivity contribution in [1.82, 2.24) is 9.97 Å². The third-order valence-electron chi connectivity index (χ3n) is 6.09. The number of benzene rings is 2. The Balaban J connectivity index is 1.64.